The van der Waals surface area contributed by atoms with E-state index >= 15 is 0 Å². The van der Waals surface area contributed by atoms with Crippen molar-refractivity contribution in [1.82, 2.24) is 20.5 Å². The Hall–Kier alpha value is -3.14. The van der Waals surface area contributed by atoms with Gasteiger partial charge in [-0.2, -0.15) is 0 Å². The maximum atomic E-state index is 13.5. The maximum Gasteiger partial charge on any atom is 0.243 e. The van der Waals surface area contributed by atoms with E-state index in [2.05, 4.69) is 15.6 Å². The van der Waals surface area contributed by atoms with Crippen LogP contribution in [0, 0.1) is 0 Å². The van der Waals surface area contributed by atoms with Gasteiger partial charge in [0.2, 0.25) is 17.6 Å². The molecular formula is C28H34N4O4S. The highest BCUT2D eigenvalue weighted by Crippen LogP contribution is 2.24. The second-order valence-electron chi connectivity index (χ2n) is 9.27. The number of hydrogen-bond donors (Lipinski definition) is 2. The number of fused-ring (bicyclic) bond motifs is 1. The molecule has 1 saturated heterocycles. The zero-order valence-electron chi connectivity index (χ0n) is 21.3. The van der Waals surface area contributed by atoms with Gasteiger partial charge in [-0.1, -0.05) is 42.5 Å². The van der Waals surface area contributed by atoms with E-state index in [4.69, 9.17) is 4.74 Å². The summed E-state index contributed by atoms with van der Waals surface area (Å²) >= 11 is 1.33. The number of hydrogen-bond acceptors (Lipinski definition) is 7. The maximum absolute atomic E-state index is 13.5. The van der Waals surface area contributed by atoms with Gasteiger partial charge in [0.15, 0.2) is 5.01 Å². The number of para-hydroxylation sites is 1. The monoisotopic (exact) mass is 522 g/mol. The van der Waals surface area contributed by atoms with Crippen LogP contribution in [-0.2, 0) is 20.7 Å². The lowest BCUT2D eigenvalue weighted by atomic mass is 10.0. The summed E-state index contributed by atoms with van der Waals surface area (Å²) in [6.07, 6.45) is 2.90. The van der Waals surface area contributed by atoms with Crippen LogP contribution in [0.2, 0.25) is 0 Å². The molecule has 0 radical (unpaired) electrons. The number of ether oxygens (including phenoxy) is 1. The Bertz CT molecular complexity index is 1180. The van der Waals surface area contributed by atoms with Crippen molar-refractivity contribution >= 4 is 39.2 Å². The summed E-state index contributed by atoms with van der Waals surface area (Å²) in [6, 6.07) is 15.7. The topological polar surface area (TPSA) is 101 Å². The van der Waals surface area contributed by atoms with Crippen LogP contribution < -0.4 is 10.6 Å². The summed E-state index contributed by atoms with van der Waals surface area (Å²) in [7, 11) is 3.37. The van der Waals surface area contributed by atoms with Crippen LogP contribution in [0.3, 0.4) is 0 Å². The quantitative estimate of drug-likeness (QED) is 0.280. The number of nitrogens with one attached hydrogen (secondary N) is 2. The Morgan fingerprint density at radius 3 is 2.59 bits per heavy atom. The van der Waals surface area contributed by atoms with Crippen LogP contribution in [0.15, 0.2) is 54.6 Å². The van der Waals surface area contributed by atoms with Gasteiger partial charge in [0.1, 0.15) is 6.04 Å². The number of ketones is 1. The van der Waals surface area contributed by atoms with Gasteiger partial charge in [0, 0.05) is 20.3 Å². The molecule has 1 fully saturated rings. The lowest BCUT2D eigenvalue weighted by molar-refractivity contribution is -0.140. The molecule has 196 valence electrons. The van der Waals surface area contributed by atoms with E-state index in [9.17, 15) is 14.4 Å². The molecule has 1 aliphatic heterocycles. The zero-order valence-corrected chi connectivity index (χ0v) is 22.1. The summed E-state index contributed by atoms with van der Waals surface area (Å²) in [6.45, 7) is 1.00. The van der Waals surface area contributed by atoms with E-state index in [1.54, 1.807) is 19.1 Å². The van der Waals surface area contributed by atoms with Gasteiger partial charge in [0.05, 0.1) is 22.3 Å². The van der Waals surface area contributed by atoms with Crippen molar-refractivity contribution in [2.45, 2.75) is 50.2 Å². The van der Waals surface area contributed by atoms with Crippen molar-refractivity contribution in [3.63, 3.8) is 0 Å². The standard InChI is InChI=1S/C28H34N4O4S/c1-29-22(18-19-10-4-3-5-11-19)28(35)32-16-8-14-23(32)26(34)30-21(13-9-17-36-2)25(33)27-31-20-12-6-7-15-24(20)37-27/h3-7,10-12,15,21-23,29H,8-9,13-14,16-18H2,1-2H3,(H,30,34)/t21?,22-,23+/m1/s1. The fourth-order valence-corrected chi connectivity index (χ4v) is 5.72. The first kappa shape index (κ1) is 26.9. The Morgan fingerprint density at radius 1 is 1.11 bits per heavy atom. The first-order chi connectivity index (χ1) is 18.0. The third-order valence-corrected chi connectivity index (χ3v) is 7.80. The van der Waals surface area contributed by atoms with Gasteiger partial charge in [-0.05, 0) is 56.8 Å². The third kappa shape index (κ3) is 6.60. The molecule has 2 N–H and O–H groups in total. The van der Waals surface area contributed by atoms with Gasteiger partial charge in [-0.15, -0.1) is 11.3 Å². The second-order valence-corrected chi connectivity index (χ2v) is 10.3. The molecule has 1 aromatic heterocycles. The number of likely N-dealkylation sites (tertiary alicyclic amines) is 1. The summed E-state index contributed by atoms with van der Waals surface area (Å²) in [5, 5.41) is 6.45. The number of methoxy groups -OCH3 is 1. The Morgan fingerprint density at radius 2 is 1.86 bits per heavy atom. The van der Waals surface area contributed by atoms with E-state index in [-0.39, 0.29) is 17.6 Å². The number of thiazole rings is 1. The molecule has 9 heteroatoms. The molecular weight excluding hydrogens is 488 g/mol. The lowest BCUT2D eigenvalue weighted by Gasteiger charge is -2.29. The largest absolute Gasteiger partial charge is 0.385 e. The lowest BCUT2D eigenvalue weighted by Crippen LogP contribution is -2.54. The summed E-state index contributed by atoms with van der Waals surface area (Å²) < 4.78 is 6.10. The number of carbonyl (C=O) groups is 3. The van der Waals surface area contributed by atoms with Crippen molar-refractivity contribution in [2.24, 2.45) is 0 Å². The van der Waals surface area contributed by atoms with E-state index in [1.807, 2.05) is 54.6 Å². The van der Waals surface area contributed by atoms with Crippen LogP contribution in [0.4, 0.5) is 0 Å². The molecule has 0 saturated carbocycles. The van der Waals surface area contributed by atoms with Gasteiger partial charge in [-0.25, -0.2) is 4.98 Å². The smallest absolute Gasteiger partial charge is 0.243 e. The van der Waals surface area contributed by atoms with E-state index in [0.29, 0.717) is 43.8 Å². The highest BCUT2D eigenvalue weighted by atomic mass is 32.1. The number of aromatic nitrogens is 1. The third-order valence-electron chi connectivity index (χ3n) is 6.75. The highest BCUT2D eigenvalue weighted by molar-refractivity contribution is 7.20. The minimum atomic E-state index is -0.731. The molecule has 0 bridgehead atoms. The number of rotatable bonds is 12. The van der Waals surface area contributed by atoms with Gasteiger partial charge >= 0.3 is 0 Å². The zero-order chi connectivity index (χ0) is 26.2. The molecule has 37 heavy (non-hydrogen) atoms. The van der Waals surface area contributed by atoms with Crippen molar-refractivity contribution in [1.29, 1.82) is 0 Å². The molecule has 1 aliphatic rings. The second kappa shape index (κ2) is 12.9. The van der Waals surface area contributed by atoms with Crippen LogP contribution in [0.25, 0.3) is 10.2 Å². The first-order valence-electron chi connectivity index (χ1n) is 12.7. The number of nitrogens with zero attached hydrogens (tertiary/aromatic N) is 2. The molecule has 1 unspecified atom stereocenters. The Kier molecular flexibility index (Phi) is 9.38. The average Bonchev–Trinajstić information content (AvgIpc) is 3.59. The predicted molar refractivity (Wildman–Crippen MR) is 145 cm³/mol. The molecule has 0 spiro atoms. The molecule has 4 rings (SSSR count). The van der Waals surface area contributed by atoms with E-state index in [1.165, 1.54) is 11.3 Å². The molecule has 2 amide bonds. The van der Waals surface area contributed by atoms with Crippen molar-refractivity contribution in [3.8, 4) is 0 Å². The Balaban J connectivity index is 1.47. The molecule has 2 heterocycles. The molecule has 3 aromatic rings. The molecule has 2 aromatic carbocycles. The molecule has 3 atom stereocenters. The van der Waals surface area contributed by atoms with Crippen molar-refractivity contribution < 1.29 is 19.1 Å². The minimum Gasteiger partial charge on any atom is -0.385 e. The van der Waals surface area contributed by atoms with Gasteiger partial charge in [-0.3, -0.25) is 14.4 Å². The average molecular weight is 523 g/mol. The van der Waals surface area contributed by atoms with Crippen molar-refractivity contribution in [2.75, 3.05) is 27.3 Å². The van der Waals surface area contributed by atoms with Crippen molar-refractivity contribution in [3.05, 3.63) is 65.2 Å². The molecule has 8 nitrogen and oxygen atoms in total. The van der Waals surface area contributed by atoms with E-state index < -0.39 is 18.1 Å². The SMILES string of the molecule is CN[C@H](Cc1ccccc1)C(=O)N1CCC[C@H]1C(=O)NC(CCCOC)C(=O)c1nc2ccccc2s1. The number of benzene rings is 2. The molecule has 0 aliphatic carbocycles. The summed E-state index contributed by atoms with van der Waals surface area (Å²) in [5.41, 5.74) is 1.82. The normalized spacial score (nSPS) is 17.0. The minimum absolute atomic E-state index is 0.0996. The number of likely N-dealkylation sites (N-methyl/N-ethyl adjacent to an activating group) is 1. The van der Waals surface area contributed by atoms with Gasteiger partial charge < -0.3 is 20.3 Å². The summed E-state index contributed by atoms with van der Waals surface area (Å²) in [5.74, 6) is -0.603. The van der Waals surface area contributed by atoms with E-state index in [0.717, 1.165) is 22.2 Å². The number of amides is 2. The predicted octanol–water partition coefficient (Wildman–Crippen LogP) is 3.21. The fourth-order valence-electron chi connectivity index (χ4n) is 4.76. The van der Waals surface area contributed by atoms with Crippen LogP contribution >= 0.6 is 11.3 Å². The number of carbonyl (C=O) groups excluding carboxylic acids is 3. The van der Waals surface area contributed by atoms with Crippen LogP contribution in [-0.4, -0.2) is 72.9 Å². The Labute approximate surface area is 221 Å². The van der Waals surface area contributed by atoms with Crippen LogP contribution in [0.5, 0.6) is 0 Å². The number of Topliss-reactive ketones (excluding diaryl/α,β-unsaturated/α-hetero) is 1. The fraction of sp³-hybridized carbons (Fsp3) is 0.429. The highest BCUT2D eigenvalue weighted by Gasteiger charge is 2.38. The van der Waals surface area contributed by atoms with Crippen LogP contribution in [0.1, 0.15) is 41.0 Å². The first-order valence-corrected chi connectivity index (χ1v) is 13.5. The summed E-state index contributed by atoms with van der Waals surface area (Å²) in [4.78, 5) is 46.5. The van der Waals surface area contributed by atoms with Gasteiger partial charge in [0.25, 0.3) is 0 Å².